The highest BCUT2D eigenvalue weighted by molar-refractivity contribution is 9.10. The Morgan fingerprint density at radius 1 is 1.15 bits per heavy atom. The molecule has 8 heteroatoms. The third-order valence-electron chi connectivity index (χ3n) is 3.46. The topological polar surface area (TPSA) is 79.5 Å². The first-order valence-electron chi connectivity index (χ1n) is 7.61. The van der Waals surface area contributed by atoms with Gasteiger partial charge >= 0.3 is 0 Å². The van der Waals surface area contributed by atoms with Crippen LogP contribution in [0.15, 0.2) is 68.8 Å². The molecule has 132 valence electrons. The summed E-state index contributed by atoms with van der Waals surface area (Å²) in [5, 5.41) is 17.5. The monoisotopic (exact) mass is 476 g/mol. The number of amides is 1. The van der Waals surface area contributed by atoms with Crippen LogP contribution in [-0.2, 0) is 6.54 Å². The first-order valence-corrected chi connectivity index (χ1v) is 9.20. The molecule has 26 heavy (non-hydrogen) atoms. The summed E-state index contributed by atoms with van der Waals surface area (Å²) in [6, 6.07) is 14.4. The number of carbonyl (C=O) groups excluding carboxylic acids is 1. The highest BCUT2D eigenvalue weighted by atomic mass is 79.9. The molecule has 1 amide bonds. The summed E-state index contributed by atoms with van der Waals surface area (Å²) in [5.74, 6) is -0.243. The number of benzene rings is 2. The number of hydrogen-bond donors (Lipinski definition) is 2. The van der Waals surface area contributed by atoms with Crippen molar-refractivity contribution in [1.29, 1.82) is 0 Å². The molecular weight excluding hydrogens is 464 g/mol. The van der Waals surface area contributed by atoms with Crippen LogP contribution in [0.4, 0.5) is 0 Å². The molecule has 2 aromatic carbocycles. The van der Waals surface area contributed by atoms with Crippen LogP contribution in [0.25, 0.3) is 0 Å². The maximum Gasteiger partial charge on any atom is 0.293 e. The molecule has 0 aliphatic heterocycles. The molecule has 6 nitrogen and oxygen atoms in total. The van der Waals surface area contributed by atoms with Crippen LogP contribution in [0.5, 0.6) is 5.75 Å². The van der Waals surface area contributed by atoms with E-state index in [4.69, 9.17) is 0 Å². The fraction of sp³-hybridized carbons (Fsp3) is 0.0556. The predicted octanol–water partition coefficient (Wildman–Crippen LogP) is 3.93. The van der Waals surface area contributed by atoms with Crippen molar-refractivity contribution in [2.75, 3.05) is 0 Å². The fourth-order valence-electron chi connectivity index (χ4n) is 2.19. The minimum Gasteiger partial charge on any atom is -0.508 e. The molecule has 1 aromatic heterocycles. The molecule has 0 atom stereocenters. The number of phenols is 1. The van der Waals surface area contributed by atoms with Crippen molar-refractivity contribution in [2.24, 2.45) is 5.10 Å². The van der Waals surface area contributed by atoms with Crippen molar-refractivity contribution >= 4 is 44.0 Å². The normalized spacial score (nSPS) is 11.0. The minimum absolute atomic E-state index is 0.173. The van der Waals surface area contributed by atoms with Gasteiger partial charge in [0, 0.05) is 10.7 Å². The molecule has 1 heterocycles. The number of aromatic nitrogens is 2. The third kappa shape index (κ3) is 4.80. The minimum atomic E-state index is -0.415. The summed E-state index contributed by atoms with van der Waals surface area (Å²) in [6.45, 7) is 0.552. The molecular formula is C18H14Br2N4O2. The first-order chi connectivity index (χ1) is 12.5. The number of hydrogen-bond acceptors (Lipinski definition) is 4. The molecule has 0 radical (unpaired) electrons. The molecule has 0 fully saturated rings. The Bertz CT molecular complexity index is 935. The van der Waals surface area contributed by atoms with Crippen LogP contribution in [0.1, 0.15) is 21.6 Å². The van der Waals surface area contributed by atoms with Crippen molar-refractivity contribution in [3.05, 3.63) is 80.5 Å². The molecule has 3 aromatic rings. The zero-order valence-corrected chi connectivity index (χ0v) is 16.6. The summed E-state index contributed by atoms with van der Waals surface area (Å²) < 4.78 is 3.28. The lowest BCUT2D eigenvalue weighted by atomic mass is 10.2. The van der Waals surface area contributed by atoms with E-state index in [0.29, 0.717) is 11.0 Å². The summed E-state index contributed by atoms with van der Waals surface area (Å²) in [5.41, 5.74) is 4.52. The zero-order valence-electron chi connectivity index (χ0n) is 13.4. The Balaban J connectivity index is 1.65. The number of aromatic hydroxyl groups is 1. The average molecular weight is 478 g/mol. The SMILES string of the molecule is O=C(NN=Cc1ccc(O)cc1)c1nn(Cc2ccc(Br)cc2)cc1Br. The summed E-state index contributed by atoms with van der Waals surface area (Å²) in [4.78, 5) is 12.2. The van der Waals surface area contributed by atoms with Crippen LogP contribution < -0.4 is 5.43 Å². The van der Waals surface area contributed by atoms with Crippen LogP contribution >= 0.6 is 31.9 Å². The molecule has 0 aliphatic rings. The zero-order chi connectivity index (χ0) is 18.5. The molecule has 0 spiro atoms. The number of halogens is 2. The van der Waals surface area contributed by atoms with Gasteiger partial charge in [0.15, 0.2) is 5.69 Å². The number of nitrogens with one attached hydrogen (secondary N) is 1. The molecule has 0 saturated heterocycles. The van der Waals surface area contributed by atoms with Crippen LogP contribution in [0.2, 0.25) is 0 Å². The van der Waals surface area contributed by atoms with Crippen molar-refractivity contribution < 1.29 is 9.90 Å². The van der Waals surface area contributed by atoms with E-state index in [1.54, 1.807) is 35.1 Å². The average Bonchev–Trinajstić information content (AvgIpc) is 2.99. The number of hydrazone groups is 1. The van der Waals surface area contributed by atoms with E-state index >= 15 is 0 Å². The molecule has 0 unspecified atom stereocenters. The van der Waals surface area contributed by atoms with Crippen molar-refractivity contribution in [2.45, 2.75) is 6.54 Å². The van der Waals surface area contributed by atoms with Gasteiger partial charge in [0.25, 0.3) is 5.91 Å². The second-order valence-corrected chi connectivity index (χ2v) is 7.21. The maximum absolute atomic E-state index is 12.2. The van der Waals surface area contributed by atoms with Gasteiger partial charge in [-0.3, -0.25) is 9.48 Å². The molecule has 0 saturated carbocycles. The van der Waals surface area contributed by atoms with Gasteiger partial charge in [-0.25, -0.2) is 5.43 Å². The van der Waals surface area contributed by atoms with E-state index < -0.39 is 5.91 Å². The fourth-order valence-corrected chi connectivity index (χ4v) is 2.95. The van der Waals surface area contributed by atoms with Crippen molar-refractivity contribution in [1.82, 2.24) is 15.2 Å². The van der Waals surface area contributed by atoms with Crippen LogP contribution in [-0.4, -0.2) is 27.0 Å². The van der Waals surface area contributed by atoms with E-state index in [9.17, 15) is 9.90 Å². The van der Waals surface area contributed by atoms with E-state index in [2.05, 4.69) is 47.5 Å². The van der Waals surface area contributed by atoms with E-state index in [1.807, 2.05) is 24.3 Å². The van der Waals surface area contributed by atoms with Gasteiger partial charge in [-0.05, 0) is 63.5 Å². The van der Waals surface area contributed by atoms with Gasteiger partial charge in [-0.15, -0.1) is 0 Å². The molecule has 3 rings (SSSR count). The third-order valence-corrected chi connectivity index (χ3v) is 4.57. The summed E-state index contributed by atoms with van der Waals surface area (Å²) in [7, 11) is 0. The first kappa shape index (κ1) is 18.3. The Hall–Kier alpha value is -2.45. The lowest BCUT2D eigenvalue weighted by Crippen LogP contribution is -2.19. The molecule has 0 aliphatic carbocycles. The lowest BCUT2D eigenvalue weighted by molar-refractivity contribution is 0.0948. The number of nitrogens with zero attached hydrogens (tertiary/aromatic N) is 3. The largest absolute Gasteiger partial charge is 0.508 e. The Morgan fingerprint density at radius 2 is 1.85 bits per heavy atom. The number of phenolic OH excluding ortho intramolecular Hbond substituents is 1. The second-order valence-electron chi connectivity index (χ2n) is 5.44. The Morgan fingerprint density at radius 3 is 2.54 bits per heavy atom. The van der Waals surface area contributed by atoms with E-state index in [-0.39, 0.29) is 11.4 Å². The molecule has 0 bridgehead atoms. The summed E-state index contributed by atoms with van der Waals surface area (Å²) >= 11 is 6.76. The highest BCUT2D eigenvalue weighted by Gasteiger charge is 2.14. The highest BCUT2D eigenvalue weighted by Crippen LogP contribution is 2.17. The maximum atomic E-state index is 12.2. The van der Waals surface area contributed by atoms with Crippen LogP contribution in [0.3, 0.4) is 0 Å². The lowest BCUT2D eigenvalue weighted by Gasteiger charge is -2.02. The van der Waals surface area contributed by atoms with Gasteiger partial charge in [-0.2, -0.15) is 10.2 Å². The van der Waals surface area contributed by atoms with E-state index in [1.165, 1.54) is 6.21 Å². The van der Waals surface area contributed by atoms with Gasteiger partial charge in [0.05, 0.1) is 17.2 Å². The second kappa shape index (κ2) is 8.29. The van der Waals surface area contributed by atoms with Crippen LogP contribution in [0, 0.1) is 0 Å². The number of carbonyl (C=O) groups is 1. The predicted molar refractivity (Wildman–Crippen MR) is 106 cm³/mol. The van der Waals surface area contributed by atoms with Gasteiger partial charge < -0.3 is 5.11 Å². The Kier molecular flexibility index (Phi) is 5.85. The number of rotatable bonds is 5. The Labute approximate surface area is 166 Å². The smallest absolute Gasteiger partial charge is 0.293 e. The van der Waals surface area contributed by atoms with Gasteiger partial charge in [0.1, 0.15) is 5.75 Å². The van der Waals surface area contributed by atoms with Crippen molar-refractivity contribution in [3.8, 4) is 5.75 Å². The standard InChI is InChI=1S/C18H14Br2N4O2/c19-14-5-1-13(2-6-14)10-24-11-16(20)17(23-24)18(26)22-21-9-12-3-7-15(25)8-4-12/h1-9,11,25H,10H2,(H,22,26). The molecule has 2 N–H and O–H groups in total. The van der Waals surface area contributed by atoms with Crippen molar-refractivity contribution in [3.63, 3.8) is 0 Å². The van der Waals surface area contributed by atoms with E-state index in [0.717, 1.165) is 15.6 Å². The van der Waals surface area contributed by atoms with Gasteiger partial charge in [0.2, 0.25) is 0 Å². The quantitative estimate of drug-likeness (QED) is 0.431. The summed E-state index contributed by atoms with van der Waals surface area (Å²) in [6.07, 6.45) is 3.24. The van der Waals surface area contributed by atoms with Gasteiger partial charge in [-0.1, -0.05) is 28.1 Å².